The summed E-state index contributed by atoms with van der Waals surface area (Å²) in [5.41, 5.74) is 0.778. The summed E-state index contributed by atoms with van der Waals surface area (Å²) in [7, 11) is 0. The van der Waals surface area contributed by atoms with Gasteiger partial charge in [-0.05, 0) is 18.4 Å². The third-order valence-electron chi connectivity index (χ3n) is 1.75. The van der Waals surface area contributed by atoms with Crippen molar-refractivity contribution >= 4 is 45.8 Å². The lowest BCUT2D eigenvalue weighted by atomic mass is 10.2. The van der Waals surface area contributed by atoms with Crippen molar-refractivity contribution in [3.8, 4) is 0 Å². The van der Waals surface area contributed by atoms with Crippen molar-refractivity contribution in [2.24, 2.45) is 4.99 Å². The Bertz CT molecular complexity index is 435. The maximum absolute atomic E-state index is 8.74. The smallest absolute Gasteiger partial charge is 0.147 e. The number of aliphatic hydroxyl groups is 1. The molecule has 0 spiro atoms. The van der Waals surface area contributed by atoms with E-state index < -0.39 is 0 Å². The van der Waals surface area contributed by atoms with Gasteiger partial charge in [0.05, 0.1) is 10.0 Å². The Morgan fingerprint density at radius 3 is 2.62 bits per heavy atom. The highest BCUT2D eigenvalue weighted by Crippen LogP contribution is 2.24. The van der Waals surface area contributed by atoms with Crippen molar-refractivity contribution in [1.29, 1.82) is 5.41 Å². The van der Waals surface area contributed by atoms with Crippen LogP contribution in [0.4, 0.5) is 0 Å². The number of thioether (sulfide) groups is 1. The van der Waals surface area contributed by atoms with Gasteiger partial charge < -0.3 is 5.11 Å². The quantitative estimate of drug-likeness (QED) is 0.644. The zero-order valence-electron chi connectivity index (χ0n) is 8.50. The van der Waals surface area contributed by atoms with Crippen molar-refractivity contribution in [3.63, 3.8) is 0 Å². The second-order valence-electron chi connectivity index (χ2n) is 2.85. The standard InChI is InChI=1S/C10H10Cl2N2OS/c1-16-10(14-9(13)5-15)6-2-3-7(11)8(12)4-6/h2-4,13,15H,5H2,1H3/b13-9?,14-10-. The van der Waals surface area contributed by atoms with E-state index in [-0.39, 0.29) is 12.4 Å². The van der Waals surface area contributed by atoms with Crippen LogP contribution in [0.25, 0.3) is 0 Å². The fourth-order valence-corrected chi connectivity index (χ4v) is 1.88. The molecule has 86 valence electrons. The van der Waals surface area contributed by atoms with Crippen molar-refractivity contribution < 1.29 is 5.11 Å². The molecule has 0 aliphatic rings. The van der Waals surface area contributed by atoms with Gasteiger partial charge in [-0.15, -0.1) is 11.8 Å². The third kappa shape index (κ3) is 3.49. The van der Waals surface area contributed by atoms with E-state index >= 15 is 0 Å². The lowest BCUT2D eigenvalue weighted by Gasteiger charge is -2.05. The highest BCUT2D eigenvalue weighted by Gasteiger charge is 2.06. The minimum absolute atomic E-state index is 0.0876. The van der Waals surface area contributed by atoms with Crippen molar-refractivity contribution in [1.82, 2.24) is 0 Å². The predicted molar refractivity (Wildman–Crippen MR) is 71.3 cm³/mol. The van der Waals surface area contributed by atoms with Gasteiger partial charge >= 0.3 is 0 Å². The first-order valence-electron chi connectivity index (χ1n) is 4.35. The van der Waals surface area contributed by atoms with Gasteiger partial charge in [0.25, 0.3) is 0 Å². The van der Waals surface area contributed by atoms with E-state index in [1.165, 1.54) is 11.8 Å². The monoisotopic (exact) mass is 276 g/mol. The maximum Gasteiger partial charge on any atom is 0.147 e. The van der Waals surface area contributed by atoms with Gasteiger partial charge in [-0.1, -0.05) is 29.3 Å². The van der Waals surface area contributed by atoms with Gasteiger partial charge in [-0.25, -0.2) is 4.99 Å². The summed E-state index contributed by atoms with van der Waals surface area (Å²) in [4.78, 5) is 3.97. The second-order valence-corrected chi connectivity index (χ2v) is 4.46. The van der Waals surface area contributed by atoms with Gasteiger partial charge in [0.2, 0.25) is 0 Å². The van der Waals surface area contributed by atoms with Crippen LogP contribution in [0.15, 0.2) is 23.2 Å². The number of rotatable bonds is 2. The molecule has 0 fully saturated rings. The van der Waals surface area contributed by atoms with Crippen molar-refractivity contribution in [2.45, 2.75) is 0 Å². The van der Waals surface area contributed by atoms with Crippen molar-refractivity contribution in [3.05, 3.63) is 33.8 Å². The number of hydrogen-bond donors (Lipinski definition) is 2. The number of amidine groups is 1. The van der Waals surface area contributed by atoms with Gasteiger partial charge in [0.1, 0.15) is 17.5 Å². The fraction of sp³-hybridized carbons (Fsp3) is 0.200. The number of aliphatic hydroxyl groups excluding tert-OH is 1. The van der Waals surface area contributed by atoms with Crippen molar-refractivity contribution in [2.75, 3.05) is 12.9 Å². The van der Waals surface area contributed by atoms with Crippen LogP contribution in [0.3, 0.4) is 0 Å². The molecule has 1 rings (SSSR count). The molecular weight excluding hydrogens is 267 g/mol. The molecular formula is C10H10Cl2N2OS. The third-order valence-corrected chi connectivity index (χ3v) is 3.20. The predicted octanol–water partition coefficient (Wildman–Crippen LogP) is 3.07. The number of aliphatic imine (C=N–C) groups is 1. The summed E-state index contributed by atoms with van der Waals surface area (Å²) >= 11 is 13.1. The number of nitrogens with zero attached hydrogens (tertiary/aromatic N) is 1. The first-order valence-corrected chi connectivity index (χ1v) is 6.33. The summed E-state index contributed by atoms with van der Waals surface area (Å²) < 4.78 is 0. The number of hydrogen-bond acceptors (Lipinski definition) is 3. The Hall–Kier alpha value is -0.550. The Morgan fingerprint density at radius 1 is 1.44 bits per heavy atom. The minimum atomic E-state index is -0.384. The average Bonchev–Trinajstić information content (AvgIpc) is 2.29. The molecule has 0 unspecified atom stereocenters. The molecule has 6 heteroatoms. The molecule has 0 saturated heterocycles. The summed E-state index contributed by atoms with van der Waals surface area (Å²) in [6.07, 6.45) is 1.84. The highest BCUT2D eigenvalue weighted by atomic mass is 35.5. The molecule has 2 N–H and O–H groups in total. The summed E-state index contributed by atoms with van der Waals surface area (Å²) in [5.74, 6) is -0.0876. The van der Waals surface area contributed by atoms with Crippen LogP contribution in [0.5, 0.6) is 0 Å². The van der Waals surface area contributed by atoms with E-state index in [0.29, 0.717) is 15.1 Å². The van der Waals surface area contributed by atoms with E-state index in [2.05, 4.69) is 4.99 Å². The molecule has 0 aromatic heterocycles. The Labute approximate surface area is 108 Å². The Kier molecular flexibility index (Phi) is 5.28. The molecule has 1 aromatic rings. The highest BCUT2D eigenvalue weighted by molar-refractivity contribution is 8.13. The molecule has 1 aromatic carbocycles. The molecule has 0 amide bonds. The number of benzene rings is 1. The largest absolute Gasteiger partial charge is 0.388 e. The number of halogens is 2. The van der Waals surface area contributed by atoms with Gasteiger partial charge in [-0.3, -0.25) is 5.41 Å². The lowest BCUT2D eigenvalue weighted by Crippen LogP contribution is -2.04. The van der Waals surface area contributed by atoms with E-state index in [1.54, 1.807) is 18.2 Å². The molecule has 0 bridgehead atoms. The molecule has 16 heavy (non-hydrogen) atoms. The Morgan fingerprint density at radius 2 is 2.12 bits per heavy atom. The molecule has 0 aliphatic carbocycles. The summed E-state index contributed by atoms with van der Waals surface area (Å²) in [6, 6.07) is 5.13. The maximum atomic E-state index is 8.74. The molecule has 0 aliphatic heterocycles. The van der Waals surface area contributed by atoms with E-state index in [0.717, 1.165) is 5.56 Å². The first kappa shape index (κ1) is 13.5. The van der Waals surface area contributed by atoms with E-state index in [4.69, 9.17) is 33.7 Å². The van der Waals surface area contributed by atoms with Crippen LogP contribution >= 0.6 is 35.0 Å². The zero-order valence-corrected chi connectivity index (χ0v) is 10.8. The SMILES string of the molecule is CS/C(=N\C(=N)CO)c1ccc(Cl)c(Cl)c1. The Balaban J connectivity index is 3.09. The van der Waals surface area contributed by atoms with E-state index in [1.807, 2.05) is 6.26 Å². The normalized spacial score (nSPS) is 11.6. The van der Waals surface area contributed by atoms with Gasteiger partial charge in [0.15, 0.2) is 0 Å². The molecule has 0 heterocycles. The fourth-order valence-electron chi connectivity index (χ4n) is 1.02. The molecule has 0 radical (unpaired) electrons. The topological polar surface area (TPSA) is 56.4 Å². The average molecular weight is 277 g/mol. The lowest BCUT2D eigenvalue weighted by molar-refractivity contribution is 0.355. The number of nitrogens with one attached hydrogen (secondary N) is 1. The summed E-state index contributed by atoms with van der Waals surface area (Å²) in [5, 5.41) is 17.6. The van der Waals surface area contributed by atoms with Crippen LogP contribution in [0.1, 0.15) is 5.56 Å². The van der Waals surface area contributed by atoms with Crippen LogP contribution in [0.2, 0.25) is 10.0 Å². The van der Waals surface area contributed by atoms with Crippen LogP contribution in [-0.2, 0) is 0 Å². The van der Waals surface area contributed by atoms with Crippen LogP contribution in [0, 0.1) is 5.41 Å². The molecule has 0 saturated carbocycles. The van der Waals surface area contributed by atoms with Gasteiger partial charge in [-0.2, -0.15) is 0 Å². The summed E-state index contributed by atoms with van der Waals surface area (Å²) in [6.45, 7) is -0.384. The zero-order chi connectivity index (χ0) is 12.1. The van der Waals surface area contributed by atoms with Gasteiger partial charge in [0, 0.05) is 5.56 Å². The molecule has 0 atom stereocenters. The van der Waals surface area contributed by atoms with E-state index in [9.17, 15) is 0 Å². The molecule has 3 nitrogen and oxygen atoms in total. The second kappa shape index (κ2) is 6.25. The first-order chi connectivity index (χ1) is 7.58. The van der Waals surface area contributed by atoms with Crippen LogP contribution in [-0.4, -0.2) is 28.8 Å². The minimum Gasteiger partial charge on any atom is -0.388 e. The van der Waals surface area contributed by atoms with Crippen LogP contribution < -0.4 is 0 Å².